The Hall–Kier alpha value is -4.52. The number of benzene rings is 3. The molecule has 0 amide bonds. The Labute approximate surface area is 176 Å². The van der Waals surface area contributed by atoms with Gasteiger partial charge < -0.3 is 9.15 Å². The Bertz CT molecular complexity index is 1350. The molecule has 0 unspecified atom stereocenters. The van der Waals surface area contributed by atoms with Crippen molar-refractivity contribution >= 4 is 28.5 Å². The smallest absolute Gasteiger partial charge is 0.347 e. The summed E-state index contributed by atoms with van der Waals surface area (Å²) >= 11 is 0. The molecule has 0 spiro atoms. The number of ketones is 1. The van der Waals surface area contributed by atoms with Crippen LogP contribution in [0.3, 0.4) is 0 Å². The third-order valence-electron chi connectivity index (χ3n) is 4.50. The first-order chi connectivity index (χ1) is 15.0. The van der Waals surface area contributed by atoms with E-state index in [2.05, 4.69) is 0 Å². The maximum Gasteiger partial charge on any atom is 0.347 e. The monoisotopic (exact) mass is 413 g/mol. The summed E-state index contributed by atoms with van der Waals surface area (Å²) in [5.74, 6) is 0.547. The number of carbonyl (C=O) groups excluding carboxylic acids is 1. The van der Waals surface area contributed by atoms with Gasteiger partial charge in [-0.05, 0) is 48.0 Å². The van der Waals surface area contributed by atoms with Crippen LogP contribution in [0.2, 0.25) is 0 Å². The first kappa shape index (κ1) is 19.8. The summed E-state index contributed by atoms with van der Waals surface area (Å²) in [6.45, 7) is 0. The minimum atomic E-state index is -0.680. The lowest BCUT2D eigenvalue weighted by Crippen LogP contribution is -2.11. The number of nitrogens with zero attached hydrogens (tertiary/aromatic N) is 1. The lowest BCUT2D eigenvalue weighted by molar-refractivity contribution is -0.384. The van der Waals surface area contributed by atoms with Gasteiger partial charge in [-0.3, -0.25) is 14.9 Å². The molecule has 3 aromatic carbocycles. The highest BCUT2D eigenvalue weighted by Gasteiger charge is 2.11. The largest absolute Gasteiger partial charge is 0.457 e. The van der Waals surface area contributed by atoms with Crippen molar-refractivity contribution in [3.05, 3.63) is 117 Å². The number of carbonyl (C=O) groups is 1. The molecule has 0 N–H and O–H groups in total. The summed E-state index contributed by atoms with van der Waals surface area (Å²) in [7, 11) is 0. The zero-order chi connectivity index (χ0) is 21.8. The predicted octanol–water partition coefficient (Wildman–Crippen LogP) is 5.39. The average Bonchev–Trinajstić information content (AvgIpc) is 2.78. The summed E-state index contributed by atoms with van der Waals surface area (Å²) in [6.07, 6.45) is 2.90. The molecule has 0 aliphatic rings. The summed E-state index contributed by atoms with van der Waals surface area (Å²) in [6, 6.07) is 21.2. The Morgan fingerprint density at radius 3 is 2.26 bits per heavy atom. The van der Waals surface area contributed by atoms with Crippen LogP contribution in [0.25, 0.3) is 17.0 Å². The lowest BCUT2D eigenvalue weighted by atomic mass is 10.1. The van der Waals surface area contributed by atoms with Crippen LogP contribution in [0.4, 0.5) is 5.69 Å². The molecule has 0 radical (unpaired) electrons. The molecule has 0 fully saturated rings. The van der Waals surface area contributed by atoms with Crippen LogP contribution in [0.5, 0.6) is 11.5 Å². The van der Waals surface area contributed by atoms with Gasteiger partial charge in [0, 0.05) is 17.5 Å². The number of ether oxygens (including phenoxy) is 1. The number of hydrogen-bond acceptors (Lipinski definition) is 6. The van der Waals surface area contributed by atoms with E-state index in [1.54, 1.807) is 54.6 Å². The third-order valence-corrected chi connectivity index (χ3v) is 4.50. The van der Waals surface area contributed by atoms with Gasteiger partial charge in [0.05, 0.1) is 4.92 Å². The van der Waals surface area contributed by atoms with Gasteiger partial charge in [-0.15, -0.1) is 0 Å². The number of nitro benzene ring substituents is 1. The summed E-state index contributed by atoms with van der Waals surface area (Å²) < 4.78 is 10.8. The Kier molecular flexibility index (Phi) is 5.40. The standard InChI is InChI=1S/C24H15NO6/c26-22(21-15-17-3-1-2-4-23(17)31-24(21)27)14-7-16-5-10-19(11-6-16)30-20-12-8-18(9-13-20)25(28)29/h1-15H/b14-7+. The van der Waals surface area contributed by atoms with Crippen molar-refractivity contribution < 1.29 is 18.9 Å². The fraction of sp³-hybridized carbons (Fsp3) is 0. The van der Waals surface area contributed by atoms with Gasteiger partial charge in [-0.25, -0.2) is 4.79 Å². The molecule has 0 atom stereocenters. The van der Waals surface area contributed by atoms with Gasteiger partial charge in [0.2, 0.25) is 0 Å². The van der Waals surface area contributed by atoms with E-state index >= 15 is 0 Å². The van der Waals surface area contributed by atoms with Gasteiger partial charge in [-0.2, -0.15) is 0 Å². The van der Waals surface area contributed by atoms with E-state index < -0.39 is 16.3 Å². The van der Waals surface area contributed by atoms with Crippen molar-refractivity contribution in [3.8, 4) is 11.5 Å². The van der Waals surface area contributed by atoms with E-state index in [1.807, 2.05) is 0 Å². The van der Waals surface area contributed by atoms with E-state index in [9.17, 15) is 19.7 Å². The Balaban J connectivity index is 1.46. The molecular formula is C24H15NO6. The molecule has 0 bridgehead atoms. The van der Waals surface area contributed by atoms with Crippen LogP contribution in [0, 0.1) is 10.1 Å². The van der Waals surface area contributed by atoms with Crippen LogP contribution < -0.4 is 10.4 Å². The molecule has 0 saturated carbocycles. The molecule has 1 heterocycles. The van der Waals surface area contributed by atoms with Gasteiger partial charge in [-0.1, -0.05) is 36.4 Å². The average molecular weight is 413 g/mol. The molecule has 1 aromatic heterocycles. The second kappa shape index (κ2) is 8.46. The van der Waals surface area contributed by atoms with E-state index in [0.717, 1.165) is 5.56 Å². The van der Waals surface area contributed by atoms with E-state index in [-0.39, 0.29) is 11.3 Å². The highest BCUT2D eigenvalue weighted by Crippen LogP contribution is 2.24. The zero-order valence-corrected chi connectivity index (χ0v) is 16.1. The molecular weight excluding hydrogens is 398 g/mol. The van der Waals surface area contributed by atoms with Gasteiger partial charge in [0.15, 0.2) is 5.78 Å². The number of para-hydroxylation sites is 1. The van der Waals surface area contributed by atoms with E-state index in [1.165, 1.54) is 36.4 Å². The van der Waals surface area contributed by atoms with Crippen molar-refractivity contribution in [1.29, 1.82) is 0 Å². The zero-order valence-electron chi connectivity index (χ0n) is 16.1. The molecule has 7 heteroatoms. The number of nitro groups is 1. The highest BCUT2D eigenvalue weighted by atomic mass is 16.6. The number of fused-ring (bicyclic) bond motifs is 1. The van der Waals surface area contributed by atoms with E-state index in [4.69, 9.17) is 9.15 Å². The summed E-state index contributed by atoms with van der Waals surface area (Å²) in [4.78, 5) is 34.8. The molecule has 0 aliphatic heterocycles. The highest BCUT2D eigenvalue weighted by molar-refractivity contribution is 6.07. The second-order valence-electron chi connectivity index (χ2n) is 6.61. The van der Waals surface area contributed by atoms with Crippen molar-refractivity contribution in [2.45, 2.75) is 0 Å². The molecule has 4 aromatic rings. The first-order valence-electron chi connectivity index (χ1n) is 9.27. The quantitative estimate of drug-likeness (QED) is 0.138. The molecule has 0 saturated heterocycles. The van der Waals surface area contributed by atoms with Gasteiger partial charge in [0.1, 0.15) is 22.6 Å². The number of hydrogen-bond donors (Lipinski definition) is 0. The fourth-order valence-corrected chi connectivity index (χ4v) is 2.91. The number of rotatable bonds is 6. The number of non-ortho nitro benzene ring substituents is 1. The third kappa shape index (κ3) is 4.56. The minimum Gasteiger partial charge on any atom is -0.457 e. The first-order valence-corrected chi connectivity index (χ1v) is 9.27. The van der Waals surface area contributed by atoms with Crippen LogP contribution in [-0.2, 0) is 0 Å². The van der Waals surface area contributed by atoms with Crippen molar-refractivity contribution in [3.63, 3.8) is 0 Å². The second-order valence-corrected chi connectivity index (χ2v) is 6.61. The maximum atomic E-state index is 12.4. The number of allylic oxidation sites excluding steroid dienone is 1. The van der Waals surface area contributed by atoms with Crippen molar-refractivity contribution in [2.24, 2.45) is 0 Å². The van der Waals surface area contributed by atoms with Crippen LogP contribution in [0.1, 0.15) is 15.9 Å². The minimum absolute atomic E-state index is 0.0158. The van der Waals surface area contributed by atoms with Crippen LogP contribution in [-0.4, -0.2) is 10.7 Å². The summed E-state index contributed by atoms with van der Waals surface area (Å²) in [5.41, 5.74) is 0.428. The Morgan fingerprint density at radius 2 is 1.58 bits per heavy atom. The van der Waals surface area contributed by atoms with E-state index in [0.29, 0.717) is 22.5 Å². The normalized spacial score (nSPS) is 11.0. The van der Waals surface area contributed by atoms with Crippen LogP contribution >= 0.6 is 0 Å². The fourth-order valence-electron chi connectivity index (χ4n) is 2.91. The SMILES string of the molecule is O=C(/C=C/c1ccc(Oc2ccc([N+](=O)[O-])cc2)cc1)c1cc2ccccc2oc1=O. The molecule has 4 rings (SSSR count). The molecule has 152 valence electrons. The maximum absolute atomic E-state index is 12.4. The lowest BCUT2D eigenvalue weighted by Gasteiger charge is -2.05. The topological polar surface area (TPSA) is 99.7 Å². The van der Waals surface area contributed by atoms with Crippen molar-refractivity contribution in [2.75, 3.05) is 0 Å². The molecule has 0 aliphatic carbocycles. The molecule has 31 heavy (non-hydrogen) atoms. The molecule has 7 nitrogen and oxygen atoms in total. The Morgan fingerprint density at radius 1 is 0.935 bits per heavy atom. The predicted molar refractivity (Wildman–Crippen MR) is 115 cm³/mol. The van der Waals surface area contributed by atoms with Gasteiger partial charge in [0.25, 0.3) is 5.69 Å². The van der Waals surface area contributed by atoms with Gasteiger partial charge >= 0.3 is 5.63 Å². The van der Waals surface area contributed by atoms with Crippen LogP contribution in [0.15, 0.2) is 94.2 Å². The summed E-state index contributed by atoms with van der Waals surface area (Å²) in [5, 5.41) is 11.4. The van der Waals surface area contributed by atoms with Crippen molar-refractivity contribution in [1.82, 2.24) is 0 Å².